The van der Waals surface area contributed by atoms with Crippen molar-refractivity contribution in [3.63, 3.8) is 0 Å². The third kappa shape index (κ3) is 4.48. The van der Waals surface area contributed by atoms with Crippen LogP contribution in [0.25, 0.3) is 0 Å². The van der Waals surface area contributed by atoms with E-state index in [-0.39, 0.29) is 21.3 Å². The SMILES string of the molecule is CCOC(=O)C(=CN(C)C)C(=O)c1cc(I)c(F)cc1F. The van der Waals surface area contributed by atoms with Crippen LogP contribution in [0.15, 0.2) is 23.9 Å². The first kappa shape index (κ1) is 17.5. The molecular formula is C14H14F2INO3. The number of rotatable bonds is 5. The van der Waals surface area contributed by atoms with Gasteiger partial charge in [0.2, 0.25) is 5.78 Å². The lowest BCUT2D eigenvalue weighted by atomic mass is 10.0. The van der Waals surface area contributed by atoms with E-state index in [0.717, 1.165) is 6.07 Å². The summed E-state index contributed by atoms with van der Waals surface area (Å²) in [7, 11) is 3.22. The monoisotopic (exact) mass is 409 g/mol. The summed E-state index contributed by atoms with van der Waals surface area (Å²) in [6.45, 7) is 1.68. The van der Waals surface area contributed by atoms with Crippen molar-refractivity contribution in [2.75, 3.05) is 20.7 Å². The van der Waals surface area contributed by atoms with Gasteiger partial charge in [-0.15, -0.1) is 0 Å². The molecule has 0 saturated heterocycles. The molecule has 0 aliphatic heterocycles. The fourth-order valence-corrected chi connectivity index (χ4v) is 1.98. The molecule has 1 aromatic carbocycles. The first-order valence-corrected chi connectivity index (χ1v) is 7.10. The molecule has 0 amide bonds. The highest BCUT2D eigenvalue weighted by Gasteiger charge is 2.25. The number of hydrogen-bond acceptors (Lipinski definition) is 4. The minimum Gasteiger partial charge on any atom is -0.462 e. The Morgan fingerprint density at radius 1 is 1.29 bits per heavy atom. The van der Waals surface area contributed by atoms with Gasteiger partial charge >= 0.3 is 5.97 Å². The largest absolute Gasteiger partial charge is 0.462 e. The van der Waals surface area contributed by atoms with E-state index in [1.807, 2.05) is 0 Å². The Kier molecular flexibility index (Phi) is 6.25. The lowest BCUT2D eigenvalue weighted by Gasteiger charge is -2.11. The third-order valence-electron chi connectivity index (χ3n) is 2.38. The van der Waals surface area contributed by atoms with Gasteiger partial charge < -0.3 is 9.64 Å². The molecule has 1 rings (SSSR count). The van der Waals surface area contributed by atoms with Crippen molar-refractivity contribution in [2.45, 2.75) is 6.92 Å². The number of halogens is 3. The van der Waals surface area contributed by atoms with E-state index in [1.54, 1.807) is 43.6 Å². The molecular weight excluding hydrogens is 395 g/mol. The predicted octanol–water partition coefficient (Wildman–Crippen LogP) is 2.76. The van der Waals surface area contributed by atoms with Gasteiger partial charge in [0.1, 0.15) is 17.2 Å². The Balaban J connectivity index is 3.30. The zero-order valence-corrected chi connectivity index (χ0v) is 13.9. The topological polar surface area (TPSA) is 46.6 Å². The van der Waals surface area contributed by atoms with Crippen molar-refractivity contribution < 1.29 is 23.1 Å². The van der Waals surface area contributed by atoms with E-state index in [0.29, 0.717) is 6.07 Å². The molecule has 0 atom stereocenters. The smallest absolute Gasteiger partial charge is 0.343 e. The maximum absolute atomic E-state index is 13.8. The third-order valence-corrected chi connectivity index (χ3v) is 3.21. The highest BCUT2D eigenvalue weighted by Crippen LogP contribution is 2.20. The Hall–Kier alpha value is -1.51. The van der Waals surface area contributed by atoms with E-state index < -0.39 is 23.4 Å². The van der Waals surface area contributed by atoms with Gasteiger partial charge in [0.25, 0.3) is 0 Å². The van der Waals surface area contributed by atoms with Crippen molar-refractivity contribution in [2.24, 2.45) is 0 Å². The van der Waals surface area contributed by atoms with E-state index in [9.17, 15) is 18.4 Å². The van der Waals surface area contributed by atoms with Gasteiger partial charge in [-0.05, 0) is 35.6 Å². The minimum absolute atomic E-state index is 0.0836. The standard InChI is InChI=1S/C14H14F2INO3/c1-4-21-14(20)9(7-18(2)3)13(19)8-5-12(17)11(16)6-10(8)15/h5-7H,4H2,1-3H3. The van der Waals surface area contributed by atoms with Gasteiger partial charge in [-0.2, -0.15) is 0 Å². The van der Waals surface area contributed by atoms with Gasteiger partial charge in [0.05, 0.1) is 12.2 Å². The molecule has 0 fully saturated rings. The van der Waals surface area contributed by atoms with Gasteiger partial charge in [-0.25, -0.2) is 13.6 Å². The van der Waals surface area contributed by atoms with E-state index in [2.05, 4.69) is 0 Å². The molecule has 0 radical (unpaired) electrons. The van der Waals surface area contributed by atoms with Gasteiger partial charge in [-0.3, -0.25) is 4.79 Å². The van der Waals surface area contributed by atoms with Gasteiger partial charge in [-0.1, -0.05) is 0 Å². The van der Waals surface area contributed by atoms with Crippen molar-refractivity contribution in [3.8, 4) is 0 Å². The number of ketones is 1. The van der Waals surface area contributed by atoms with Crippen molar-refractivity contribution in [1.29, 1.82) is 0 Å². The average molecular weight is 409 g/mol. The molecule has 21 heavy (non-hydrogen) atoms. The number of hydrogen-bond donors (Lipinski definition) is 0. The summed E-state index contributed by atoms with van der Waals surface area (Å²) in [6.07, 6.45) is 1.25. The van der Waals surface area contributed by atoms with Crippen LogP contribution in [0.3, 0.4) is 0 Å². The molecule has 0 aromatic heterocycles. The van der Waals surface area contributed by atoms with E-state index >= 15 is 0 Å². The van der Waals surface area contributed by atoms with Gasteiger partial charge in [0, 0.05) is 29.9 Å². The lowest BCUT2D eigenvalue weighted by Crippen LogP contribution is -2.20. The highest BCUT2D eigenvalue weighted by atomic mass is 127. The van der Waals surface area contributed by atoms with Crippen LogP contribution in [0.4, 0.5) is 8.78 Å². The van der Waals surface area contributed by atoms with E-state index in [4.69, 9.17) is 4.74 Å². The normalized spacial score (nSPS) is 11.2. The molecule has 114 valence electrons. The fourth-order valence-electron chi connectivity index (χ4n) is 1.51. The van der Waals surface area contributed by atoms with E-state index in [1.165, 1.54) is 11.1 Å². The van der Waals surface area contributed by atoms with Crippen molar-refractivity contribution >= 4 is 34.3 Å². The van der Waals surface area contributed by atoms with Crippen LogP contribution in [-0.2, 0) is 9.53 Å². The number of benzene rings is 1. The molecule has 0 heterocycles. The molecule has 7 heteroatoms. The number of Topliss-reactive ketones (excluding diaryl/α,β-unsaturated/α-hetero) is 1. The number of ether oxygens (including phenoxy) is 1. The highest BCUT2D eigenvalue weighted by molar-refractivity contribution is 14.1. The Morgan fingerprint density at radius 2 is 1.90 bits per heavy atom. The molecule has 0 bridgehead atoms. The molecule has 4 nitrogen and oxygen atoms in total. The summed E-state index contributed by atoms with van der Waals surface area (Å²) in [6, 6.07) is 1.68. The summed E-state index contributed by atoms with van der Waals surface area (Å²) in [4.78, 5) is 25.6. The van der Waals surface area contributed by atoms with Crippen LogP contribution in [0, 0.1) is 15.2 Å². The van der Waals surface area contributed by atoms with Crippen molar-refractivity contribution in [3.05, 3.63) is 44.7 Å². The number of esters is 1. The molecule has 0 saturated carbocycles. The van der Waals surface area contributed by atoms with Crippen LogP contribution < -0.4 is 0 Å². The molecule has 0 N–H and O–H groups in total. The van der Waals surface area contributed by atoms with Crippen LogP contribution in [-0.4, -0.2) is 37.4 Å². The summed E-state index contributed by atoms with van der Waals surface area (Å²) in [5.41, 5.74) is -0.690. The molecule has 0 aliphatic rings. The second-order valence-electron chi connectivity index (χ2n) is 4.30. The fraction of sp³-hybridized carbons (Fsp3) is 0.286. The van der Waals surface area contributed by atoms with Crippen molar-refractivity contribution in [1.82, 2.24) is 4.90 Å². The lowest BCUT2D eigenvalue weighted by molar-refractivity contribution is -0.138. The second kappa shape index (κ2) is 7.48. The zero-order chi connectivity index (χ0) is 16.2. The summed E-state index contributed by atoms with van der Waals surface area (Å²) in [5.74, 6) is -3.49. The Labute approximate surface area is 134 Å². The summed E-state index contributed by atoms with van der Waals surface area (Å²) < 4.78 is 31.9. The van der Waals surface area contributed by atoms with Crippen LogP contribution in [0.5, 0.6) is 0 Å². The van der Waals surface area contributed by atoms with Crippen LogP contribution >= 0.6 is 22.6 Å². The zero-order valence-electron chi connectivity index (χ0n) is 11.7. The number of carbonyl (C=O) groups excluding carboxylic acids is 2. The second-order valence-corrected chi connectivity index (χ2v) is 5.46. The molecule has 0 unspecified atom stereocenters. The Morgan fingerprint density at radius 3 is 2.43 bits per heavy atom. The number of nitrogens with zero attached hydrogens (tertiary/aromatic N) is 1. The molecule has 1 aromatic rings. The Bertz CT molecular complexity index is 600. The first-order chi connectivity index (χ1) is 9.77. The summed E-state index contributed by atoms with van der Waals surface area (Å²) in [5, 5.41) is 0. The maximum Gasteiger partial charge on any atom is 0.343 e. The summed E-state index contributed by atoms with van der Waals surface area (Å²) >= 11 is 1.64. The minimum atomic E-state index is -1.02. The first-order valence-electron chi connectivity index (χ1n) is 6.02. The average Bonchev–Trinajstić information content (AvgIpc) is 2.39. The maximum atomic E-state index is 13.8. The van der Waals surface area contributed by atoms with Crippen LogP contribution in [0.1, 0.15) is 17.3 Å². The molecule has 0 spiro atoms. The van der Waals surface area contributed by atoms with Crippen LogP contribution in [0.2, 0.25) is 0 Å². The quantitative estimate of drug-likeness (QED) is 0.143. The van der Waals surface area contributed by atoms with Gasteiger partial charge in [0.15, 0.2) is 0 Å². The number of carbonyl (C=O) groups is 2. The molecule has 0 aliphatic carbocycles. The predicted molar refractivity (Wildman–Crippen MR) is 81.8 cm³/mol.